The molecule has 0 amide bonds. The van der Waals surface area contributed by atoms with Gasteiger partial charge in [-0.05, 0) is 23.3 Å². The molecule has 0 aliphatic rings. The van der Waals surface area contributed by atoms with Crippen molar-refractivity contribution >= 4 is 23.1 Å². The Kier molecular flexibility index (Phi) is 3.53. The molecule has 4 aromatic rings. The summed E-state index contributed by atoms with van der Waals surface area (Å²) in [6, 6.07) is 29.4. The molecule has 0 saturated heterocycles. The van der Waals surface area contributed by atoms with Gasteiger partial charge < -0.3 is 4.98 Å². The highest BCUT2D eigenvalue weighted by Gasteiger charge is 2.10. The van der Waals surface area contributed by atoms with E-state index >= 15 is 0 Å². The van der Waals surface area contributed by atoms with Crippen molar-refractivity contribution in [3.63, 3.8) is 0 Å². The number of hydrogen-bond acceptors (Lipinski definition) is 0. The molecule has 0 spiro atoms. The molecule has 1 aromatic heterocycles. The van der Waals surface area contributed by atoms with Gasteiger partial charge in [-0.3, -0.25) is 0 Å². The lowest BCUT2D eigenvalue weighted by molar-refractivity contribution is 1.43. The summed E-state index contributed by atoms with van der Waals surface area (Å²) in [7, 11) is 0. The molecule has 3 aromatic carbocycles. The van der Waals surface area contributed by atoms with Crippen molar-refractivity contribution < 1.29 is 0 Å². The molecule has 0 bridgehead atoms. The highest BCUT2D eigenvalue weighted by molar-refractivity contribution is 6.01. The number of aromatic nitrogens is 1. The topological polar surface area (TPSA) is 15.8 Å². The van der Waals surface area contributed by atoms with Crippen LogP contribution in [0.2, 0.25) is 0 Å². The molecular weight excluding hydrogens is 278 g/mol. The third-order valence-corrected chi connectivity index (χ3v) is 4.04. The molecule has 0 unspecified atom stereocenters. The first kappa shape index (κ1) is 13.6. The number of H-pyrrole nitrogens is 1. The van der Waals surface area contributed by atoms with Crippen LogP contribution in [-0.2, 0) is 0 Å². The average Bonchev–Trinajstić information content (AvgIpc) is 3.00. The van der Waals surface area contributed by atoms with Gasteiger partial charge in [0.2, 0.25) is 0 Å². The molecule has 110 valence electrons. The van der Waals surface area contributed by atoms with Crippen molar-refractivity contribution in [2.24, 2.45) is 0 Å². The average molecular weight is 295 g/mol. The van der Waals surface area contributed by atoms with Crippen molar-refractivity contribution in [2.75, 3.05) is 0 Å². The number of rotatable bonds is 3. The number of para-hydroxylation sites is 1. The minimum Gasteiger partial charge on any atom is -0.354 e. The van der Waals surface area contributed by atoms with E-state index in [-0.39, 0.29) is 0 Å². The molecule has 1 heterocycles. The first-order valence-electron chi connectivity index (χ1n) is 7.81. The second-order valence-corrected chi connectivity index (χ2v) is 5.57. The van der Waals surface area contributed by atoms with Gasteiger partial charge in [-0.1, -0.05) is 84.9 Å². The van der Waals surface area contributed by atoms with Crippen molar-refractivity contribution in [1.29, 1.82) is 0 Å². The van der Waals surface area contributed by atoms with Gasteiger partial charge in [-0.25, -0.2) is 0 Å². The van der Waals surface area contributed by atoms with Crippen LogP contribution in [0, 0.1) is 0 Å². The summed E-state index contributed by atoms with van der Waals surface area (Å²) in [5.41, 5.74) is 6.00. The zero-order valence-corrected chi connectivity index (χ0v) is 12.7. The number of benzene rings is 3. The Morgan fingerprint density at radius 2 is 1.26 bits per heavy atom. The molecule has 0 fully saturated rings. The minimum absolute atomic E-state index is 1.14. The van der Waals surface area contributed by atoms with E-state index in [2.05, 4.69) is 96.0 Å². The van der Waals surface area contributed by atoms with Gasteiger partial charge in [0, 0.05) is 22.2 Å². The molecule has 0 aliphatic heterocycles. The van der Waals surface area contributed by atoms with Crippen molar-refractivity contribution in [3.05, 3.63) is 96.2 Å². The van der Waals surface area contributed by atoms with Crippen molar-refractivity contribution in [1.82, 2.24) is 4.98 Å². The predicted octanol–water partition coefficient (Wildman–Crippen LogP) is 6.01. The van der Waals surface area contributed by atoms with E-state index in [0.717, 1.165) is 5.69 Å². The maximum Gasteiger partial charge on any atom is 0.0471 e. The number of hydrogen-bond donors (Lipinski definition) is 1. The predicted molar refractivity (Wildman–Crippen MR) is 99.1 cm³/mol. The quantitative estimate of drug-likeness (QED) is 0.476. The molecule has 4 rings (SSSR count). The van der Waals surface area contributed by atoms with E-state index in [1.54, 1.807) is 0 Å². The highest BCUT2D eigenvalue weighted by Crippen LogP contribution is 2.33. The van der Waals surface area contributed by atoms with Crippen LogP contribution >= 0.6 is 0 Å². The highest BCUT2D eigenvalue weighted by atomic mass is 14.7. The Hall–Kier alpha value is -3.06. The zero-order chi connectivity index (χ0) is 15.5. The van der Waals surface area contributed by atoms with Crippen LogP contribution < -0.4 is 0 Å². The van der Waals surface area contributed by atoms with Crippen LogP contribution in [-0.4, -0.2) is 4.98 Å². The molecule has 1 N–H and O–H groups in total. The Morgan fingerprint density at radius 3 is 2.04 bits per heavy atom. The fourth-order valence-corrected chi connectivity index (χ4v) is 2.95. The second-order valence-electron chi connectivity index (χ2n) is 5.57. The molecule has 0 aliphatic carbocycles. The smallest absolute Gasteiger partial charge is 0.0471 e. The summed E-state index contributed by atoms with van der Waals surface area (Å²) in [4.78, 5) is 3.55. The first-order valence-corrected chi connectivity index (χ1v) is 7.81. The van der Waals surface area contributed by atoms with E-state index in [4.69, 9.17) is 0 Å². The first-order chi connectivity index (χ1) is 11.4. The largest absolute Gasteiger partial charge is 0.354 e. The molecule has 0 saturated carbocycles. The summed E-state index contributed by atoms with van der Waals surface area (Å²) in [5, 5.41) is 1.26. The third kappa shape index (κ3) is 2.69. The third-order valence-electron chi connectivity index (χ3n) is 4.04. The summed E-state index contributed by atoms with van der Waals surface area (Å²) in [6.07, 6.45) is 4.31. The van der Waals surface area contributed by atoms with E-state index in [0.29, 0.717) is 0 Å². The van der Waals surface area contributed by atoms with Gasteiger partial charge >= 0.3 is 0 Å². The summed E-state index contributed by atoms with van der Waals surface area (Å²) >= 11 is 0. The van der Waals surface area contributed by atoms with Gasteiger partial charge in [0.15, 0.2) is 0 Å². The molecule has 0 radical (unpaired) electrons. The standard InChI is InChI=1S/C22H17N/c1-3-9-17(10-4-1)15-16-21-22(18-11-5-2-6-12-18)19-13-7-8-14-20(19)23-21/h1-16,23H/b16-15+. The fraction of sp³-hybridized carbons (Fsp3) is 0. The molecule has 1 nitrogen and oxygen atoms in total. The van der Waals surface area contributed by atoms with Crippen molar-refractivity contribution in [2.45, 2.75) is 0 Å². The maximum atomic E-state index is 3.55. The Morgan fingerprint density at radius 1 is 0.609 bits per heavy atom. The summed E-state index contributed by atoms with van der Waals surface area (Å²) < 4.78 is 0. The van der Waals surface area contributed by atoms with Gasteiger partial charge in [0.05, 0.1) is 0 Å². The Balaban J connectivity index is 1.88. The monoisotopic (exact) mass is 295 g/mol. The van der Waals surface area contributed by atoms with Gasteiger partial charge in [-0.2, -0.15) is 0 Å². The van der Waals surface area contributed by atoms with Crippen molar-refractivity contribution in [3.8, 4) is 11.1 Å². The van der Waals surface area contributed by atoms with Crippen LogP contribution in [0.15, 0.2) is 84.9 Å². The summed E-state index contributed by atoms with van der Waals surface area (Å²) in [5.74, 6) is 0. The Labute approximate surface area is 135 Å². The van der Waals surface area contributed by atoms with E-state index in [1.165, 1.54) is 27.6 Å². The van der Waals surface area contributed by atoms with Crippen LogP contribution in [0.1, 0.15) is 11.3 Å². The lowest BCUT2D eigenvalue weighted by Gasteiger charge is -2.02. The van der Waals surface area contributed by atoms with E-state index in [1.807, 2.05) is 6.07 Å². The molecule has 1 heteroatoms. The second kappa shape index (κ2) is 5.98. The molecule has 23 heavy (non-hydrogen) atoms. The van der Waals surface area contributed by atoms with Gasteiger partial charge in [-0.15, -0.1) is 0 Å². The Bertz CT molecular complexity index is 947. The van der Waals surface area contributed by atoms with E-state index in [9.17, 15) is 0 Å². The number of aromatic amines is 1. The SMILES string of the molecule is C(=C\c1[nH]c2ccccc2c1-c1ccccc1)/c1ccccc1. The molecular formula is C22H17N. The van der Waals surface area contributed by atoms with Crippen LogP contribution in [0.25, 0.3) is 34.2 Å². The normalized spacial score (nSPS) is 11.3. The van der Waals surface area contributed by atoms with Gasteiger partial charge in [0.25, 0.3) is 0 Å². The number of fused-ring (bicyclic) bond motifs is 1. The maximum absolute atomic E-state index is 3.55. The minimum atomic E-state index is 1.14. The lowest BCUT2D eigenvalue weighted by Crippen LogP contribution is -1.80. The number of nitrogens with one attached hydrogen (secondary N) is 1. The summed E-state index contributed by atoms with van der Waals surface area (Å²) in [6.45, 7) is 0. The lowest BCUT2D eigenvalue weighted by atomic mass is 10.0. The van der Waals surface area contributed by atoms with Gasteiger partial charge in [0.1, 0.15) is 0 Å². The molecule has 0 atom stereocenters. The van der Waals surface area contributed by atoms with Crippen LogP contribution in [0.3, 0.4) is 0 Å². The van der Waals surface area contributed by atoms with Crippen LogP contribution in [0.4, 0.5) is 0 Å². The van der Waals surface area contributed by atoms with E-state index < -0.39 is 0 Å². The van der Waals surface area contributed by atoms with Crippen LogP contribution in [0.5, 0.6) is 0 Å². The fourth-order valence-electron chi connectivity index (χ4n) is 2.95. The zero-order valence-electron chi connectivity index (χ0n) is 12.7.